The number of nitrogens with zero attached hydrogens (tertiary/aromatic N) is 1. The predicted molar refractivity (Wildman–Crippen MR) is 70.8 cm³/mol. The van der Waals surface area contributed by atoms with Gasteiger partial charge in [0.15, 0.2) is 0 Å². The maximum atomic E-state index is 13.7. The fourth-order valence-corrected chi connectivity index (χ4v) is 3.47. The lowest BCUT2D eigenvalue weighted by Crippen LogP contribution is -2.58. The van der Waals surface area contributed by atoms with Crippen molar-refractivity contribution in [2.24, 2.45) is 0 Å². The maximum Gasteiger partial charge on any atom is 0.127 e. The minimum atomic E-state index is -0.359. The molecule has 4 heteroatoms. The summed E-state index contributed by atoms with van der Waals surface area (Å²) in [6.45, 7) is 3.30. The molecule has 1 N–H and O–H groups in total. The highest BCUT2D eigenvalue weighted by atomic mass is 19.1. The molecule has 0 bridgehead atoms. The van der Waals surface area contributed by atoms with E-state index in [0.717, 1.165) is 19.6 Å². The summed E-state index contributed by atoms with van der Waals surface area (Å²) in [5, 5.41) is 3.63. The molecule has 19 heavy (non-hydrogen) atoms. The molecular formula is C15H20F2N2. The first-order chi connectivity index (χ1) is 9.17. The van der Waals surface area contributed by atoms with Crippen molar-refractivity contribution in [1.82, 2.24) is 10.2 Å². The molecule has 104 valence electrons. The molecule has 2 nitrogen and oxygen atoms in total. The van der Waals surface area contributed by atoms with Crippen molar-refractivity contribution in [2.45, 2.75) is 37.8 Å². The van der Waals surface area contributed by atoms with Crippen LogP contribution in [0.5, 0.6) is 0 Å². The summed E-state index contributed by atoms with van der Waals surface area (Å²) in [6, 6.07) is 3.71. The van der Waals surface area contributed by atoms with E-state index in [9.17, 15) is 8.78 Å². The smallest absolute Gasteiger partial charge is 0.127 e. The standard InChI is InChI=1S/C15H20F2N2/c16-13-3-4-14(17)12(9-13)10-19-8-7-18-15(11-19)5-1-2-6-15/h3-4,9,18H,1-2,5-8,10-11H2. The quantitative estimate of drug-likeness (QED) is 0.885. The predicted octanol–water partition coefficient (Wildman–Crippen LogP) is 2.68. The molecule has 1 heterocycles. The van der Waals surface area contributed by atoms with Gasteiger partial charge in [0.1, 0.15) is 11.6 Å². The van der Waals surface area contributed by atoms with Gasteiger partial charge in [-0.1, -0.05) is 12.8 Å². The van der Waals surface area contributed by atoms with Crippen molar-refractivity contribution >= 4 is 0 Å². The fraction of sp³-hybridized carbons (Fsp3) is 0.600. The molecule has 1 saturated heterocycles. The first-order valence-electron chi connectivity index (χ1n) is 7.08. The van der Waals surface area contributed by atoms with Gasteiger partial charge >= 0.3 is 0 Å². The van der Waals surface area contributed by atoms with Crippen molar-refractivity contribution in [3.63, 3.8) is 0 Å². The van der Waals surface area contributed by atoms with E-state index in [2.05, 4.69) is 10.2 Å². The van der Waals surface area contributed by atoms with E-state index in [0.29, 0.717) is 12.1 Å². The van der Waals surface area contributed by atoms with Crippen LogP contribution < -0.4 is 5.32 Å². The van der Waals surface area contributed by atoms with E-state index >= 15 is 0 Å². The average Bonchev–Trinajstić information content (AvgIpc) is 2.82. The van der Waals surface area contributed by atoms with Crippen molar-refractivity contribution < 1.29 is 8.78 Å². The minimum Gasteiger partial charge on any atom is -0.309 e. The molecule has 0 unspecified atom stereocenters. The van der Waals surface area contributed by atoms with Gasteiger partial charge in [0, 0.05) is 37.3 Å². The number of rotatable bonds is 2. The van der Waals surface area contributed by atoms with Crippen LogP contribution in [-0.4, -0.2) is 30.1 Å². The summed E-state index contributed by atoms with van der Waals surface area (Å²) in [5.41, 5.74) is 0.692. The Labute approximate surface area is 112 Å². The van der Waals surface area contributed by atoms with E-state index in [1.54, 1.807) is 0 Å². The van der Waals surface area contributed by atoms with Crippen LogP contribution in [0.3, 0.4) is 0 Å². The summed E-state index contributed by atoms with van der Waals surface area (Å²) in [5.74, 6) is -0.664. The minimum absolute atomic E-state index is 0.224. The molecule has 1 aliphatic heterocycles. The van der Waals surface area contributed by atoms with Crippen LogP contribution in [0.2, 0.25) is 0 Å². The van der Waals surface area contributed by atoms with Crippen LogP contribution in [0.15, 0.2) is 18.2 Å². The summed E-state index contributed by atoms with van der Waals surface area (Å²) < 4.78 is 26.9. The maximum absolute atomic E-state index is 13.7. The third-order valence-corrected chi connectivity index (χ3v) is 4.42. The summed E-state index contributed by atoms with van der Waals surface area (Å²) in [7, 11) is 0. The molecule has 0 aromatic heterocycles. The van der Waals surface area contributed by atoms with Gasteiger partial charge in [-0.05, 0) is 31.0 Å². The van der Waals surface area contributed by atoms with E-state index in [-0.39, 0.29) is 17.2 Å². The zero-order chi connectivity index (χ0) is 13.3. The first-order valence-corrected chi connectivity index (χ1v) is 7.08. The molecule has 2 fully saturated rings. The van der Waals surface area contributed by atoms with Gasteiger partial charge in [0.2, 0.25) is 0 Å². The van der Waals surface area contributed by atoms with Gasteiger partial charge < -0.3 is 5.32 Å². The molecule has 0 radical (unpaired) electrons. The number of nitrogens with one attached hydrogen (secondary N) is 1. The zero-order valence-electron chi connectivity index (χ0n) is 11.1. The normalized spacial score (nSPS) is 23.1. The Hall–Kier alpha value is -1.00. The van der Waals surface area contributed by atoms with Crippen molar-refractivity contribution in [3.8, 4) is 0 Å². The Morgan fingerprint density at radius 1 is 1.21 bits per heavy atom. The summed E-state index contributed by atoms with van der Waals surface area (Å²) in [6.07, 6.45) is 4.95. The van der Waals surface area contributed by atoms with Gasteiger partial charge in [-0.2, -0.15) is 0 Å². The van der Waals surface area contributed by atoms with Crippen LogP contribution in [0.25, 0.3) is 0 Å². The van der Waals surface area contributed by atoms with Gasteiger partial charge in [-0.25, -0.2) is 8.78 Å². The molecule has 3 rings (SSSR count). The summed E-state index contributed by atoms with van der Waals surface area (Å²) >= 11 is 0. The molecule has 0 amide bonds. The van der Waals surface area contributed by atoms with Crippen LogP contribution in [0, 0.1) is 11.6 Å². The molecule has 1 aromatic rings. The lowest BCUT2D eigenvalue weighted by Gasteiger charge is -2.41. The Kier molecular flexibility index (Phi) is 3.54. The number of hydrogen-bond donors (Lipinski definition) is 1. The lowest BCUT2D eigenvalue weighted by atomic mass is 9.94. The lowest BCUT2D eigenvalue weighted by molar-refractivity contribution is 0.127. The van der Waals surface area contributed by atoms with Crippen LogP contribution in [0.4, 0.5) is 8.78 Å². The second-order valence-electron chi connectivity index (χ2n) is 5.86. The second kappa shape index (κ2) is 5.17. The number of piperazine rings is 1. The van der Waals surface area contributed by atoms with E-state index < -0.39 is 0 Å². The highest BCUT2D eigenvalue weighted by Crippen LogP contribution is 2.32. The average molecular weight is 266 g/mol. The Bertz CT molecular complexity index is 455. The summed E-state index contributed by atoms with van der Waals surface area (Å²) in [4.78, 5) is 2.25. The number of benzene rings is 1. The number of halogens is 2. The molecule has 1 saturated carbocycles. The zero-order valence-corrected chi connectivity index (χ0v) is 11.1. The van der Waals surface area contributed by atoms with Crippen LogP contribution in [0.1, 0.15) is 31.2 Å². The van der Waals surface area contributed by atoms with E-state index in [1.807, 2.05) is 0 Å². The number of hydrogen-bond acceptors (Lipinski definition) is 2. The molecule has 1 aliphatic carbocycles. The SMILES string of the molecule is Fc1ccc(F)c(CN2CCNC3(CCCC3)C2)c1. The largest absolute Gasteiger partial charge is 0.309 e. The second-order valence-corrected chi connectivity index (χ2v) is 5.86. The highest BCUT2D eigenvalue weighted by molar-refractivity contribution is 5.19. The molecular weight excluding hydrogens is 246 g/mol. The van der Waals surface area contributed by atoms with Gasteiger partial charge in [0.25, 0.3) is 0 Å². The van der Waals surface area contributed by atoms with Crippen molar-refractivity contribution in [1.29, 1.82) is 0 Å². The topological polar surface area (TPSA) is 15.3 Å². The van der Waals surface area contributed by atoms with Gasteiger partial charge in [-0.15, -0.1) is 0 Å². The molecule has 0 atom stereocenters. The third kappa shape index (κ3) is 2.79. The van der Waals surface area contributed by atoms with Crippen molar-refractivity contribution in [2.75, 3.05) is 19.6 Å². The van der Waals surface area contributed by atoms with E-state index in [4.69, 9.17) is 0 Å². The Balaban J connectivity index is 1.70. The monoisotopic (exact) mass is 266 g/mol. The third-order valence-electron chi connectivity index (χ3n) is 4.42. The Morgan fingerprint density at radius 3 is 2.79 bits per heavy atom. The van der Waals surface area contributed by atoms with Crippen LogP contribution in [-0.2, 0) is 6.54 Å². The van der Waals surface area contributed by atoms with E-state index in [1.165, 1.54) is 43.9 Å². The molecule has 1 aromatic carbocycles. The first kappa shape index (κ1) is 13.0. The molecule has 2 aliphatic rings. The molecule has 1 spiro atoms. The van der Waals surface area contributed by atoms with Crippen molar-refractivity contribution in [3.05, 3.63) is 35.4 Å². The van der Waals surface area contributed by atoms with Gasteiger partial charge in [0.05, 0.1) is 0 Å². The van der Waals surface area contributed by atoms with Gasteiger partial charge in [-0.3, -0.25) is 4.90 Å². The highest BCUT2D eigenvalue weighted by Gasteiger charge is 2.37. The van der Waals surface area contributed by atoms with Crippen LogP contribution >= 0.6 is 0 Å². The fourth-order valence-electron chi connectivity index (χ4n) is 3.47. The Morgan fingerprint density at radius 2 is 2.00 bits per heavy atom.